The Bertz CT molecular complexity index is 608. The van der Waals surface area contributed by atoms with Crippen LogP contribution in [0.15, 0.2) is 22.7 Å². The lowest BCUT2D eigenvalue weighted by molar-refractivity contribution is -0.149. The number of amides is 1. The Balaban J connectivity index is 1.58. The molecule has 2 aliphatic rings. The summed E-state index contributed by atoms with van der Waals surface area (Å²) >= 11 is 3.24. The quantitative estimate of drug-likeness (QED) is 0.690. The molecular formula is C16H19BrN2O4. The molecule has 0 aliphatic carbocycles. The van der Waals surface area contributed by atoms with E-state index in [1.165, 1.54) is 12.1 Å². The SMILES string of the molecule is O=C(NCC1CC2(CCNCC2)C(=O)O1)c1cc(O)cc(Br)c1. The molecular weight excluding hydrogens is 364 g/mol. The van der Waals surface area contributed by atoms with Gasteiger partial charge in [0, 0.05) is 16.5 Å². The number of phenols is 1. The van der Waals surface area contributed by atoms with Crippen LogP contribution in [0.4, 0.5) is 0 Å². The van der Waals surface area contributed by atoms with Gasteiger partial charge in [-0.2, -0.15) is 0 Å². The Morgan fingerprint density at radius 2 is 2.13 bits per heavy atom. The van der Waals surface area contributed by atoms with E-state index in [1.54, 1.807) is 6.07 Å². The fourth-order valence-electron chi connectivity index (χ4n) is 3.28. The molecule has 2 fully saturated rings. The predicted octanol–water partition coefficient (Wildman–Crippen LogP) is 1.57. The molecule has 1 aromatic rings. The van der Waals surface area contributed by atoms with Crippen LogP contribution in [0.5, 0.6) is 5.75 Å². The zero-order valence-corrected chi connectivity index (χ0v) is 14.2. The molecule has 124 valence electrons. The molecule has 1 aromatic carbocycles. The topological polar surface area (TPSA) is 87.7 Å². The molecule has 6 nitrogen and oxygen atoms in total. The normalized spacial score (nSPS) is 22.8. The summed E-state index contributed by atoms with van der Waals surface area (Å²) in [6.07, 6.45) is 1.94. The van der Waals surface area contributed by atoms with Crippen molar-refractivity contribution in [2.75, 3.05) is 19.6 Å². The molecule has 0 bridgehead atoms. The van der Waals surface area contributed by atoms with Crippen LogP contribution in [0.2, 0.25) is 0 Å². The maximum Gasteiger partial charge on any atom is 0.312 e. The van der Waals surface area contributed by atoms with Gasteiger partial charge in [-0.05, 0) is 44.1 Å². The van der Waals surface area contributed by atoms with Gasteiger partial charge < -0.3 is 20.5 Å². The van der Waals surface area contributed by atoms with Gasteiger partial charge in [-0.15, -0.1) is 0 Å². The molecule has 1 amide bonds. The molecule has 1 atom stereocenters. The van der Waals surface area contributed by atoms with Gasteiger partial charge in [0.2, 0.25) is 0 Å². The van der Waals surface area contributed by atoms with Crippen molar-refractivity contribution < 1.29 is 19.4 Å². The van der Waals surface area contributed by atoms with Crippen LogP contribution in [0.3, 0.4) is 0 Å². The monoisotopic (exact) mass is 382 g/mol. The van der Waals surface area contributed by atoms with E-state index in [1.807, 2.05) is 0 Å². The van der Waals surface area contributed by atoms with Crippen molar-refractivity contribution >= 4 is 27.8 Å². The Morgan fingerprint density at radius 3 is 2.83 bits per heavy atom. The third kappa shape index (κ3) is 3.50. The van der Waals surface area contributed by atoms with Crippen molar-refractivity contribution in [3.05, 3.63) is 28.2 Å². The molecule has 0 aromatic heterocycles. The fourth-order valence-corrected chi connectivity index (χ4v) is 3.76. The van der Waals surface area contributed by atoms with Gasteiger partial charge in [0.05, 0.1) is 12.0 Å². The van der Waals surface area contributed by atoms with Crippen LogP contribution in [-0.4, -0.2) is 42.7 Å². The smallest absolute Gasteiger partial charge is 0.312 e. The number of esters is 1. The second kappa shape index (κ2) is 6.49. The van der Waals surface area contributed by atoms with Crippen LogP contribution in [0.25, 0.3) is 0 Å². The maximum atomic E-state index is 12.2. The summed E-state index contributed by atoms with van der Waals surface area (Å²) in [7, 11) is 0. The van der Waals surface area contributed by atoms with Crippen molar-refractivity contribution in [1.29, 1.82) is 0 Å². The number of hydrogen-bond donors (Lipinski definition) is 3. The summed E-state index contributed by atoms with van der Waals surface area (Å²) in [5.74, 6) is -0.423. The number of halogens is 1. The van der Waals surface area contributed by atoms with Gasteiger partial charge >= 0.3 is 5.97 Å². The number of phenolic OH excluding ortho intramolecular Hbond substituents is 1. The molecule has 1 spiro atoms. The highest BCUT2D eigenvalue weighted by Gasteiger charge is 2.49. The summed E-state index contributed by atoms with van der Waals surface area (Å²) in [5.41, 5.74) is -0.0212. The van der Waals surface area contributed by atoms with Crippen LogP contribution in [0, 0.1) is 5.41 Å². The van der Waals surface area contributed by atoms with E-state index in [0.29, 0.717) is 16.5 Å². The molecule has 2 heterocycles. The first kappa shape index (κ1) is 16.3. The van der Waals surface area contributed by atoms with Crippen molar-refractivity contribution in [3.63, 3.8) is 0 Å². The Labute approximate surface area is 142 Å². The molecule has 0 saturated carbocycles. The lowest BCUT2D eigenvalue weighted by atomic mass is 9.76. The highest BCUT2D eigenvalue weighted by atomic mass is 79.9. The van der Waals surface area contributed by atoms with Crippen molar-refractivity contribution in [3.8, 4) is 5.75 Å². The van der Waals surface area contributed by atoms with E-state index in [0.717, 1.165) is 25.9 Å². The first-order valence-corrected chi connectivity index (χ1v) is 8.47. The minimum absolute atomic E-state index is 0.0190. The highest BCUT2D eigenvalue weighted by Crippen LogP contribution is 2.41. The van der Waals surface area contributed by atoms with E-state index in [2.05, 4.69) is 26.6 Å². The number of ether oxygens (including phenoxy) is 1. The summed E-state index contributed by atoms with van der Waals surface area (Å²) in [5, 5.41) is 15.6. The molecule has 2 aliphatic heterocycles. The number of benzene rings is 1. The zero-order valence-electron chi connectivity index (χ0n) is 12.6. The summed E-state index contributed by atoms with van der Waals surface area (Å²) < 4.78 is 6.08. The number of carbonyl (C=O) groups excluding carboxylic acids is 2. The van der Waals surface area contributed by atoms with E-state index in [9.17, 15) is 14.7 Å². The van der Waals surface area contributed by atoms with Gasteiger partial charge in [-0.3, -0.25) is 9.59 Å². The second-order valence-electron chi connectivity index (χ2n) is 6.17. The van der Waals surface area contributed by atoms with Crippen LogP contribution < -0.4 is 10.6 Å². The minimum Gasteiger partial charge on any atom is -0.508 e. The largest absolute Gasteiger partial charge is 0.508 e. The summed E-state index contributed by atoms with van der Waals surface area (Å²) in [6, 6.07) is 4.54. The average molecular weight is 383 g/mol. The molecule has 2 saturated heterocycles. The highest BCUT2D eigenvalue weighted by molar-refractivity contribution is 9.10. The fraction of sp³-hybridized carbons (Fsp3) is 0.500. The van der Waals surface area contributed by atoms with Gasteiger partial charge in [-0.1, -0.05) is 15.9 Å². The van der Waals surface area contributed by atoms with E-state index in [4.69, 9.17) is 4.74 Å². The van der Waals surface area contributed by atoms with Crippen molar-refractivity contribution in [1.82, 2.24) is 10.6 Å². The van der Waals surface area contributed by atoms with E-state index in [-0.39, 0.29) is 35.7 Å². The van der Waals surface area contributed by atoms with Gasteiger partial charge in [0.15, 0.2) is 0 Å². The molecule has 0 radical (unpaired) electrons. The Morgan fingerprint density at radius 1 is 1.39 bits per heavy atom. The number of cyclic esters (lactones) is 1. The summed E-state index contributed by atoms with van der Waals surface area (Å²) in [4.78, 5) is 24.3. The maximum absolute atomic E-state index is 12.2. The molecule has 23 heavy (non-hydrogen) atoms. The second-order valence-corrected chi connectivity index (χ2v) is 7.09. The first-order valence-electron chi connectivity index (χ1n) is 7.68. The van der Waals surface area contributed by atoms with Gasteiger partial charge in [0.1, 0.15) is 11.9 Å². The van der Waals surface area contributed by atoms with E-state index >= 15 is 0 Å². The lowest BCUT2D eigenvalue weighted by Gasteiger charge is -2.29. The first-order chi connectivity index (χ1) is 11.0. The third-order valence-electron chi connectivity index (χ3n) is 4.52. The van der Waals surface area contributed by atoms with E-state index < -0.39 is 0 Å². The Kier molecular flexibility index (Phi) is 4.59. The van der Waals surface area contributed by atoms with Gasteiger partial charge in [-0.25, -0.2) is 0 Å². The number of rotatable bonds is 3. The lowest BCUT2D eigenvalue weighted by Crippen LogP contribution is -2.39. The standard InChI is InChI=1S/C16H19BrN2O4/c17-11-5-10(6-12(20)7-11)14(21)19-9-13-8-16(15(22)23-13)1-3-18-4-2-16/h5-7,13,18,20H,1-4,8-9H2,(H,19,21). The number of hydrogen-bond acceptors (Lipinski definition) is 5. The van der Waals surface area contributed by atoms with Crippen molar-refractivity contribution in [2.24, 2.45) is 5.41 Å². The summed E-state index contributed by atoms with van der Waals surface area (Å²) in [6.45, 7) is 1.93. The number of carbonyl (C=O) groups is 2. The molecule has 3 N–H and O–H groups in total. The number of aromatic hydroxyl groups is 1. The molecule has 7 heteroatoms. The Hall–Kier alpha value is -1.60. The third-order valence-corrected chi connectivity index (χ3v) is 4.98. The number of piperidine rings is 1. The molecule has 3 rings (SSSR count). The zero-order chi connectivity index (χ0) is 16.4. The number of nitrogens with one attached hydrogen (secondary N) is 2. The van der Waals surface area contributed by atoms with Crippen molar-refractivity contribution in [2.45, 2.75) is 25.4 Å². The van der Waals surface area contributed by atoms with Gasteiger partial charge in [0.25, 0.3) is 5.91 Å². The van der Waals surface area contributed by atoms with Crippen LogP contribution in [-0.2, 0) is 9.53 Å². The van der Waals surface area contributed by atoms with Crippen LogP contribution in [0.1, 0.15) is 29.6 Å². The minimum atomic E-state index is -0.380. The average Bonchev–Trinajstić information content (AvgIpc) is 2.80. The van der Waals surface area contributed by atoms with Crippen LogP contribution >= 0.6 is 15.9 Å². The predicted molar refractivity (Wildman–Crippen MR) is 87.2 cm³/mol. The molecule has 1 unspecified atom stereocenters.